The van der Waals surface area contributed by atoms with Crippen LogP contribution in [-0.4, -0.2) is 23.4 Å². The number of carbonyl (C=O) groups excluding carboxylic acids is 1. The molecule has 1 aromatic rings. The molecule has 0 saturated carbocycles. The molecule has 1 aliphatic heterocycles. The molecule has 0 N–H and O–H groups in total. The van der Waals surface area contributed by atoms with Crippen molar-refractivity contribution < 1.29 is 9.53 Å². The van der Waals surface area contributed by atoms with Crippen LogP contribution in [0.4, 0.5) is 0 Å². The summed E-state index contributed by atoms with van der Waals surface area (Å²) < 4.78 is 5.30. The summed E-state index contributed by atoms with van der Waals surface area (Å²) >= 11 is 5.82. The van der Waals surface area contributed by atoms with Gasteiger partial charge in [0, 0.05) is 23.1 Å². The molecule has 0 aliphatic carbocycles. The molecule has 0 bridgehead atoms. The minimum absolute atomic E-state index is 0.0533. The molecule has 5 heteroatoms. The zero-order valence-electron chi connectivity index (χ0n) is 10.5. The Morgan fingerprint density at radius 3 is 2.84 bits per heavy atom. The lowest BCUT2D eigenvalue weighted by Gasteiger charge is -2.19. The number of halogens is 1. The Kier molecular flexibility index (Phi) is 4.43. The predicted molar refractivity (Wildman–Crippen MR) is 73.5 cm³/mol. The fourth-order valence-corrected chi connectivity index (χ4v) is 1.57. The molecule has 0 spiro atoms. The third-order valence-corrected chi connectivity index (χ3v) is 2.66. The van der Waals surface area contributed by atoms with Gasteiger partial charge in [0.1, 0.15) is 0 Å². The number of amides is 1. The van der Waals surface area contributed by atoms with Gasteiger partial charge in [-0.3, -0.25) is 4.79 Å². The van der Waals surface area contributed by atoms with Crippen molar-refractivity contribution in [3.63, 3.8) is 0 Å². The normalized spacial score (nSPS) is 14.3. The van der Waals surface area contributed by atoms with E-state index >= 15 is 0 Å². The van der Waals surface area contributed by atoms with Crippen molar-refractivity contribution in [2.24, 2.45) is 5.10 Å². The highest BCUT2D eigenvalue weighted by Gasteiger charge is 2.21. The number of hydrazone groups is 1. The number of benzene rings is 1. The van der Waals surface area contributed by atoms with Crippen molar-refractivity contribution in [2.75, 3.05) is 6.61 Å². The monoisotopic (exact) mass is 276 g/mol. The minimum atomic E-state index is -0.263. The molecule has 0 aromatic heterocycles. The molecule has 0 unspecified atom stereocenters. The van der Waals surface area contributed by atoms with E-state index in [0.29, 0.717) is 10.9 Å². The summed E-state index contributed by atoms with van der Waals surface area (Å²) in [5.74, 6) is 3.00. The van der Waals surface area contributed by atoms with E-state index in [9.17, 15) is 4.79 Å². The molecule has 0 radical (unpaired) electrons. The van der Waals surface area contributed by atoms with E-state index in [2.05, 4.69) is 17.1 Å². The molecule has 0 fully saturated rings. The lowest BCUT2D eigenvalue weighted by molar-refractivity contribution is -0.132. The third kappa shape index (κ3) is 3.49. The van der Waals surface area contributed by atoms with E-state index in [1.54, 1.807) is 24.3 Å². The average molecular weight is 277 g/mol. The summed E-state index contributed by atoms with van der Waals surface area (Å²) in [6, 6.07) is 9.78. The molecule has 19 heavy (non-hydrogen) atoms. The number of unbranched alkanes of at least 4 members (excludes halogenated alkanes) is 1. The number of nitrogens with zero attached hydrogens (tertiary/aromatic N) is 2. The zero-order chi connectivity index (χ0) is 13.7. The van der Waals surface area contributed by atoms with Crippen LogP contribution in [-0.2, 0) is 9.53 Å². The largest absolute Gasteiger partial charge is 0.466 e. The Bertz CT molecular complexity index is 555. The first-order chi connectivity index (χ1) is 9.20. The molecule has 1 amide bonds. The quantitative estimate of drug-likeness (QED) is 0.779. The molecule has 2 rings (SSSR count). The van der Waals surface area contributed by atoms with Crippen molar-refractivity contribution in [3.8, 4) is 12.0 Å². The molecule has 1 aromatic carbocycles. The summed E-state index contributed by atoms with van der Waals surface area (Å²) in [4.78, 5) is 11.6. The van der Waals surface area contributed by atoms with Gasteiger partial charge in [-0.15, -0.1) is 10.1 Å². The van der Waals surface area contributed by atoms with Gasteiger partial charge in [-0.05, 0) is 30.7 Å². The molecule has 0 atom stereocenters. The maximum Gasteiger partial charge on any atom is 0.293 e. The average Bonchev–Trinajstić information content (AvgIpc) is 2.42. The smallest absolute Gasteiger partial charge is 0.293 e. The lowest BCUT2D eigenvalue weighted by Crippen LogP contribution is -2.33. The highest BCUT2D eigenvalue weighted by Crippen LogP contribution is 2.13. The number of ether oxygens (including phenoxy) is 1. The van der Waals surface area contributed by atoms with Gasteiger partial charge in [0.05, 0.1) is 0 Å². The van der Waals surface area contributed by atoms with Crippen molar-refractivity contribution in [1.82, 2.24) is 5.01 Å². The zero-order valence-corrected chi connectivity index (χ0v) is 11.3. The minimum Gasteiger partial charge on any atom is -0.466 e. The number of rotatable bonds is 2. The molecule has 0 saturated heterocycles. The number of hydrogen-bond donors (Lipinski definition) is 0. The third-order valence-electron chi connectivity index (χ3n) is 2.41. The number of hydrogen-bond acceptors (Lipinski definition) is 3. The molecule has 4 nitrogen and oxygen atoms in total. The second kappa shape index (κ2) is 6.26. The van der Waals surface area contributed by atoms with E-state index in [1.807, 2.05) is 6.92 Å². The van der Waals surface area contributed by atoms with Crippen molar-refractivity contribution in [1.29, 1.82) is 0 Å². The fourth-order valence-electron chi connectivity index (χ4n) is 1.44. The van der Waals surface area contributed by atoms with Crippen LogP contribution in [0, 0.1) is 12.0 Å². The van der Waals surface area contributed by atoms with Crippen molar-refractivity contribution in [3.05, 3.63) is 34.9 Å². The van der Waals surface area contributed by atoms with Crippen LogP contribution in [0.25, 0.3) is 0 Å². The SMILES string of the molecule is CCCC#CN1N=C(c2ccc(Cl)cc2)OCC1=O. The topological polar surface area (TPSA) is 41.9 Å². The first kappa shape index (κ1) is 13.4. The Hall–Kier alpha value is -1.99. The second-order valence-electron chi connectivity index (χ2n) is 3.94. The van der Waals surface area contributed by atoms with Gasteiger partial charge in [0.2, 0.25) is 5.90 Å². The van der Waals surface area contributed by atoms with Gasteiger partial charge in [-0.25, -0.2) is 0 Å². The maximum atomic E-state index is 11.6. The highest BCUT2D eigenvalue weighted by atomic mass is 35.5. The molecule has 1 aliphatic rings. The highest BCUT2D eigenvalue weighted by molar-refractivity contribution is 6.30. The maximum absolute atomic E-state index is 11.6. The lowest BCUT2D eigenvalue weighted by atomic mass is 10.2. The summed E-state index contributed by atoms with van der Waals surface area (Å²) in [7, 11) is 0. The predicted octanol–water partition coefficient (Wildman–Crippen LogP) is 2.62. The fraction of sp³-hybridized carbons (Fsp3) is 0.286. The summed E-state index contributed by atoms with van der Waals surface area (Å²) in [6.45, 7) is 1.97. The van der Waals surface area contributed by atoms with Crippen LogP contribution in [0.2, 0.25) is 5.02 Å². The van der Waals surface area contributed by atoms with Crippen LogP contribution in [0.15, 0.2) is 29.4 Å². The molecule has 98 valence electrons. The van der Waals surface area contributed by atoms with Crippen LogP contribution in [0.1, 0.15) is 25.3 Å². The Labute approximate surface area is 117 Å². The summed E-state index contributed by atoms with van der Waals surface area (Å²) in [5, 5.41) is 5.87. The van der Waals surface area contributed by atoms with E-state index in [1.165, 1.54) is 0 Å². The van der Waals surface area contributed by atoms with Gasteiger partial charge >= 0.3 is 0 Å². The van der Waals surface area contributed by atoms with Crippen molar-refractivity contribution in [2.45, 2.75) is 19.8 Å². The van der Waals surface area contributed by atoms with E-state index in [-0.39, 0.29) is 12.5 Å². The molecular weight excluding hydrogens is 264 g/mol. The first-order valence-corrected chi connectivity index (χ1v) is 6.37. The van der Waals surface area contributed by atoms with Gasteiger partial charge in [0.25, 0.3) is 5.91 Å². The Morgan fingerprint density at radius 1 is 1.42 bits per heavy atom. The summed E-state index contributed by atoms with van der Waals surface area (Å²) in [5.41, 5.74) is 0.763. The number of carbonyl (C=O) groups is 1. The van der Waals surface area contributed by atoms with E-state index in [0.717, 1.165) is 23.4 Å². The van der Waals surface area contributed by atoms with Gasteiger partial charge in [-0.2, -0.15) is 0 Å². The Balaban J connectivity index is 2.22. The second-order valence-corrected chi connectivity index (χ2v) is 4.38. The Morgan fingerprint density at radius 2 is 2.16 bits per heavy atom. The van der Waals surface area contributed by atoms with Crippen LogP contribution >= 0.6 is 11.6 Å². The van der Waals surface area contributed by atoms with Gasteiger partial charge < -0.3 is 4.74 Å². The van der Waals surface area contributed by atoms with Crippen LogP contribution in [0.3, 0.4) is 0 Å². The van der Waals surface area contributed by atoms with E-state index in [4.69, 9.17) is 16.3 Å². The molecular formula is C14H13ClN2O2. The first-order valence-electron chi connectivity index (χ1n) is 5.99. The van der Waals surface area contributed by atoms with Crippen LogP contribution < -0.4 is 0 Å². The van der Waals surface area contributed by atoms with Gasteiger partial charge in [0.15, 0.2) is 6.61 Å². The van der Waals surface area contributed by atoms with Crippen LogP contribution in [0.5, 0.6) is 0 Å². The van der Waals surface area contributed by atoms with E-state index < -0.39 is 0 Å². The molecule has 1 heterocycles. The standard InChI is InChI=1S/C14H13ClN2O2/c1-2-3-4-9-17-13(18)10-19-14(16-17)11-5-7-12(15)8-6-11/h5-8H,2-3,10H2,1H3. The summed E-state index contributed by atoms with van der Waals surface area (Å²) in [6.07, 6.45) is 1.68. The van der Waals surface area contributed by atoms with Gasteiger partial charge in [-0.1, -0.05) is 24.4 Å². The van der Waals surface area contributed by atoms with Crippen molar-refractivity contribution >= 4 is 23.4 Å².